The van der Waals surface area contributed by atoms with Crippen LogP contribution in [0, 0.1) is 0 Å². The lowest BCUT2D eigenvalue weighted by atomic mass is 9.97. The molecule has 0 aliphatic carbocycles. The molecule has 1 heteroatoms. The molecule has 0 amide bonds. The second kappa shape index (κ2) is 16.0. The predicted molar refractivity (Wildman–Crippen MR) is 251 cm³/mol. The van der Waals surface area contributed by atoms with Gasteiger partial charge in [0.1, 0.15) is 0 Å². The van der Waals surface area contributed by atoms with E-state index in [1.165, 1.54) is 10.8 Å². The maximum atomic E-state index is 9.55. The van der Waals surface area contributed by atoms with Crippen LogP contribution in [0.5, 0.6) is 0 Å². The normalized spacial score (nSPS) is 12.0. The van der Waals surface area contributed by atoms with E-state index < -0.39 is 0 Å². The minimum absolute atomic E-state index is 0.0994. The standard InChI is InChI=1S/C58H41N/c1-3-12-42(13-4-1)49-18-9-20-51(38-49)45-26-32-56(33-27-45)59(57-34-28-46(29-35-57)52-21-10-19-50(39-52)43-14-5-2-6-15-43)58-36-30-47(31-37-58)53-22-11-23-54(40-53)55-25-24-44-16-7-8-17-48(44)41-55/h1-41H/i26D,27D,32D,33D. The Morgan fingerprint density at radius 1 is 0.220 bits per heavy atom. The second-order valence-electron chi connectivity index (χ2n) is 14.7. The average Bonchev–Trinajstić information content (AvgIpc) is 3.35. The number of hydrogen-bond donors (Lipinski definition) is 0. The number of fused-ring (bicyclic) bond motifs is 1. The van der Waals surface area contributed by atoms with Gasteiger partial charge in [0, 0.05) is 17.1 Å². The summed E-state index contributed by atoms with van der Waals surface area (Å²) in [7, 11) is 0. The van der Waals surface area contributed by atoms with Gasteiger partial charge in [-0.05, 0) is 138 Å². The molecule has 59 heavy (non-hydrogen) atoms. The molecule has 0 heterocycles. The van der Waals surface area contributed by atoms with Crippen molar-refractivity contribution < 1.29 is 5.48 Å². The molecular weight excluding hydrogens is 711 g/mol. The van der Waals surface area contributed by atoms with Crippen LogP contribution in [0.15, 0.2) is 249 Å². The lowest BCUT2D eigenvalue weighted by molar-refractivity contribution is 1.28. The summed E-state index contributed by atoms with van der Waals surface area (Å²) >= 11 is 0. The van der Waals surface area contributed by atoms with Gasteiger partial charge >= 0.3 is 0 Å². The van der Waals surface area contributed by atoms with Gasteiger partial charge in [0.05, 0.1) is 5.48 Å². The molecule has 1 nitrogen and oxygen atoms in total. The smallest absolute Gasteiger partial charge is 0.0645 e. The van der Waals surface area contributed by atoms with E-state index in [0.717, 1.165) is 55.6 Å². The highest BCUT2D eigenvalue weighted by molar-refractivity contribution is 5.88. The summed E-state index contributed by atoms with van der Waals surface area (Å²) in [5.41, 5.74) is 13.1. The van der Waals surface area contributed by atoms with Crippen LogP contribution >= 0.6 is 0 Å². The van der Waals surface area contributed by atoms with Gasteiger partial charge in [-0.1, -0.05) is 188 Å². The first-order chi connectivity index (χ1) is 30.9. The molecule has 0 spiro atoms. The lowest BCUT2D eigenvalue weighted by Crippen LogP contribution is -2.09. The topological polar surface area (TPSA) is 3.24 Å². The van der Waals surface area contributed by atoms with Gasteiger partial charge in [0.15, 0.2) is 0 Å². The fraction of sp³-hybridized carbons (Fsp3) is 0. The van der Waals surface area contributed by atoms with Gasteiger partial charge in [0.2, 0.25) is 0 Å². The van der Waals surface area contributed by atoms with Gasteiger partial charge in [-0.15, -0.1) is 0 Å². The minimum atomic E-state index is -0.122. The highest BCUT2D eigenvalue weighted by Gasteiger charge is 2.15. The molecule has 0 bridgehead atoms. The zero-order valence-corrected chi connectivity index (χ0v) is 32.3. The number of rotatable bonds is 9. The Bertz CT molecular complexity index is 3230. The van der Waals surface area contributed by atoms with E-state index in [9.17, 15) is 5.48 Å². The monoisotopic (exact) mass is 755 g/mol. The number of anilines is 3. The van der Waals surface area contributed by atoms with Crippen LogP contribution in [-0.2, 0) is 0 Å². The van der Waals surface area contributed by atoms with E-state index in [0.29, 0.717) is 16.9 Å². The molecule has 10 aromatic carbocycles. The number of nitrogens with zero attached hydrogens (tertiary/aromatic N) is 1. The van der Waals surface area contributed by atoms with Gasteiger partial charge in [-0.2, -0.15) is 0 Å². The molecule has 278 valence electrons. The fourth-order valence-electron chi connectivity index (χ4n) is 7.82. The number of benzene rings is 10. The van der Waals surface area contributed by atoms with Crippen molar-refractivity contribution in [1.82, 2.24) is 0 Å². The molecule has 0 saturated carbocycles. The predicted octanol–water partition coefficient (Wildman–Crippen LogP) is 16.3. The molecule has 0 saturated heterocycles. The Kier molecular flexibility index (Phi) is 8.51. The number of hydrogen-bond acceptors (Lipinski definition) is 1. The Labute approximate surface area is 352 Å². The van der Waals surface area contributed by atoms with Crippen LogP contribution < -0.4 is 4.90 Å². The zero-order valence-electron chi connectivity index (χ0n) is 36.3. The van der Waals surface area contributed by atoms with Crippen LogP contribution in [0.4, 0.5) is 17.1 Å². The van der Waals surface area contributed by atoms with Crippen molar-refractivity contribution >= 4 is 27.8 Å². The molecule has 0 aromatic heterocycles. The van der Waals surface area contributed by atoms with Crippen LogP contribution in [-0.4, -0.2) is 0 Å². The lowest BCUT2D eigenvalue weighted by Gasteiger charge is -2.26. The van der Waals surface area contributed by atoms with E-state index >= 15 is 0 Å². The largest absolute Gasteiger partial charge is 0.311 e. The molecular formula is C58H41N. The van der Waals surface area contributed by atoms with Crippen LogP contribution in [0.1, 0.15) is 5.48 Å². The third-order valence-electron chi connectivity index (χ3n) is 10.9. The summed E-state index contributed by atoms with van der Waals surface area (Å²) in [6, 6.07) is 75.7. The average molecular weight is 756 g/mol. The van der Waals surface area contributed by atoms with E-state index in [4.69, 9.17) is 0 Å². The SMILES string of the molecule is [2H]c1c([2H])c(N(c2ccc(-c3cccc(-c4ccccc4)c3)cc2)c2ccc(-c3cccc(-c4ccc5ccccc5c4)c3)cc2)c([2H])c([2H])c1-c1cccc(-c2ccccc2)c1. The Morgan fingerprint density at radius 3 is 1.03 bits per heavy atom. The Hall–Kier alpha value is -7.74. The van der Waals surface area contributed by atoms with E-state index in [-0.39, 0.29) is 35.4 Å². The van der Waals surface area contributed by atoms with E-state index in [1.54, 1.807) is 0 Å². The van der Waals surface area contributed by atoms with Crippen LogP contribution in [0.2, 0.25) is 0 Å². The highest BCUT2D eigenvalue weighted by Crippen LogP contribution is 2.39. The molecule has 0 unspecified atom stereocenters. The van der Waals surface area contributed by atoms with Gasteiger partial charge in [-0.3, -0.25) is 0 Å². The van der Waals surface area contributed by atoms with Gasteiger partial charge in [0.25, 0.3) is 0 Å². The summed E-state index contributed by atoms with van der Waals surface area (Å²) in [6.07, 6.45) is 0. The quantitative estimate of drug-likeness (QED) is 0.142. The zero-order chi connectivity index (χ0) is 42.9. The van der Waals surface area contributed by atoms with E-state index in [1.807, 2.05) is 102 Å². The summed E-state index contributed by atoms with van der Waals surface area (Å²) in [5.74, 6) is 0. The third-order valence-corrected chi connectivity index (χ3v) is 10.9. The van der Waals surface area contributed by atoms with Crippen molar-refractivity contribution in [2.75, 3.05) is 4.90 Å². The first-order valence-corrected chi connectivity index (χ1v) is 19.9. The maximum absolute atomic E-state index is 9.55. The van der Waals surface area contributed by atoms with Crippen molar-refractivity contribution in [2.24, 2.45) is 0 Å². The van der Waals surface area contributed by atoms with Crippen molar-refractivity contribution in [3.05, 3.63) is 249 Å². The molecule has 0 radical (unpaired) electrons. The Balaban J connectivity index is 1.06. The minimum Gasteiger partial charge on any atom is -0.311 e. The molecule has 0 atom stereocenters. The summed E-state index contributed by atoms with van der Waals surface area (Å²) in [4.78, 5) is 1.85. The van der Waals surface area contributed by atoms with Gasteiger partial charge < -0.3 is 4.90 Å². The van der Waals surface area contributed by atoms with Crippen molar-refractivity contribution in [3.8, 4) is 66.8 Å². The second-order valence-corrected chi connectivity index (χ2v) is 14.7. The first-order valence-electron chi connectivity index (χ1n) is 21.9. The third kappa shape index (κ3) is 7.58. The van der Waals surface area contributed by atoms with E-state index in [2.05, 4.69) is 127 Å². The summed E-state index contributed by atoms with van der Waals surface area (Å²) < 4.78 is 37.9. The molecule has 10 aromatic rings. The maximum Gasteiger partial charge on any atom is 0.0645 e. The van der Waals surface area contributed by atoms with Crippen molar-refractivity contribution in [1.29, 1.82) is 0 Å². The van der Waals surface area contributed by atoms with Crippen LogP contribution in [0.3, 0.4) is 0 Å². The van der Waals surface area contributed by atoms with Crippen LogP contribution in [0.25, 0.3) is 77.5 Å². The van der Waals surface area contributed by atoms with Crippen molar-refractivity contribution in [3.63, 3.8) is 0 Å². The van der Waals surface area contributed by atoms with Gasteiger partial charge in [-0.25, -0.2) is 0 Å². The molecule has 10 rings (SSSR count). The Morgan fingerprint density at radius 2 is 0.559 bits per heavy atom. The van der Waals surface area contributed by atoms with Crippen molar-refractivity contribution in [2.45, 2.75) is 0 Å². The molecule has 0 fully saturated rings. The first kappa shape index (κ1) is 31.4. The highest BCUT2D eigenvalue weighted by atomic mass is 15.1. The molecule has 0 aliphatic rings. The molecule has 0 N–H and O–H groups in total. The summed E-state index contributed by atoms with van der Waals surface area (Å²) in [5, 5.41) is 2.40. The fourth-order valence-corrected chi connectivity index (χ4v) is 7.82. The molecule has 0 aliphatic heterocycles. The summed E-state index contributed by atoms with van der Waals surface area (Å²) in [6.45, 7) is 0.